The highest BCUT2D eigenvalue weighted by Crippen LogP contribution is 2.10. The standard InChI is InChI=1S/C18H15N3O3/c1-12-6-5-7-13(10-12)20-16(22)15-11-19-18(24)21(17(15)23)14-8-3-2-4-9-14/h2-11H,1H3,(H,19,24)(H,20,22). The molecule has 2 N–H and O–H groups in total. The van der Waals surface area contributed by atoms with Crippen LogP contribution in [0.3, 0.4) is 0 Å². The van der Waals surface area contributed by atoms with E-state index < -0.39 is 17.2 Å². The van der Waals surface area contributed by atoms with Crippen LogP contribution in [-0.2, 0) is 0 Å². The van der Waals surface area contributed by atoms with Gasteiger partial charge in [0.2, 0.25) is 0 Å². The first-order valence-corrected chi connectivity index (χ1v) is 7.34. The van der Waals surface area contributed by atoms with Gasteiger partial charge in [0.15, 0.2) is 0 Å². The summed E-state index contributed by atoms with van der Waals surface area (Å²) in [6, 6.07) is 15.7. The predicted molar refractivity (Wildman–Crippen MR) is 91.8 cm³/mol. The molecule has 0 fully saturated rings. The van der Waals surface area contributed by atoms with Gasteiger partial charge in [-0.05, 0) is 36.8 Å². The smallest absolute Gasteiger partial charge is 0.322 e. The minimum Gasteiger partial charge on any atom is -0.322 e. The van der Waals surface area contributed by atoms with Crippen LogP contribution < -0.4 is 16.6 Å². The fourth-order valence-electron chi connectivity index (χ4n) is 2.37. The first-order valence-electron chi connectivity index (χ1n) is 7.34. The molecule has 0 radical (unpaired) electrons. The van der Waals surface area contributed by atoms with Crippen LogP contribution >= 0.6 is 0 Å². The Morgan fingerprint density at radius 3 is 2.50 bits per heavy atom. The number of H-pyrrole nitrogens is 1. The molecule has 2 aromatic carbocycles. The van der Waals surface area contributed by atoms with Crippen molar-refractivity contribution in [3.63, 3.8) is 0 Å². The number of para-hydroxylation sites is 1. The number of amides is 1. The van der Waals surface area contributed by atoms with Crippen molar-refractivity contribution in [1.29, 1.82) is 0 Å². The van der Waals surface area contributed by atoms with E-state index >= 15 is 0 Å². The summed E-state index contributed by atoms with van der Waals surface area (Å²) in [7, 11) is 0. The van der Waals surface area contributed by atoms with E-state index in [4.69, 9.17) is 0 Å². The maximum absolute atomic E-state index is 12.6. The number of benzene rings is 2. The summed E-state index contributed by atoms with van der Waals surface area (Å²) in [6.45, 7) is 1.90. The van der Waals surface area contributed by atoms with E-state index in [1.54, 1.807) is 48.5 Å². The average molecular weight is 321 g/mol. The third-order valence-corrected chi connectivity index (χ3v) is 3.51. The second-order valence-electron chi connectivity index (χ2n) is 5.31. The molecule has 24 heavy (non-hydrogen) atoms. The molecule has 6 nitrogen and oxygen atoms in total. The Bertz CT molecular complexity index is 1000. The summed E-state index contributed by atoms with van der Waals surface area (Å²) in [5.74, 6) is -0.577. The summed E-state index contributed by atoms with van der Waals surface area (Å²) in [5.41, 5.74) is 0.551. The number of hydrogen-bond acceptors (Lipinski definition) is 3. The Balaban J connectivity index is 2.02. The van der Waals surface area contributed by atoms with Crippen LogP contribution in [0, 0.1) is 6.92 Å². The SMILES string of the molecule is Cc1cccc(NC(=O)c2c[nH]c(=O)n(-c3ccccc3)c2=O)c1. The van der Waals surface area contributed by atoms with E-state index in [9.17, 15) is 14.4 Å². The number of anilines is 1. The molecule has 1 heterocycles. The van der Waals surface area contributed by atoms with Gasteiger partial charge in [0, 0.05) is 11.9 Å². The molecule has 0 aliphatic rings. The van der Waals surface area contributed by atoms with Crippen molar-refractivity contribution in [2.75, 3.05) is 5.32 Å². The lowest BCUT2D eigenvalue weighted by Crippen LogP contribution is -2.38. The van der Waals surface area contributed by atoms with Crippen molar-refractivity contribution in [1.82, 2.24) is 9.55 Å². The van der Waals surface area contributed by atoms with Crippen molar-refractivity contribution in [3.05, 3.63) is 92.8 Å². The number of nitrogens with zero attached hydrogens (tertiary/aromatic N) is 1. The van der Waals surface area contributed by atoms with Gasteiger partial charge in [-0.3, -0.25) is 9.59 Å². The number of aromatic amines is 1. The largest absolute Gasteiger partial charge is 0.333 e. The van der Waals surface area contributed by atoms with E-state index in [0.717, 1.165) is 16.3 Å². The lowest BCUT2D eigenvalue weighted by atomic mass is 10.2. The number of carbonyl (C=O) groups excluding carboxylic acids is 1. The van der Waals surface area contributed by atoms with Gasteiger partial charge in [0.05, 0.1) is 5.69 Å². The molecule has 3 rings (SSSR count). The van der Waals surface area contributed by atoms with E-state index in [2.05, 4.69) is 10.3 Å². The second-order valence-corrected chi connectivity index (χ2v) is 5.31. The highest BCUT2D eigenvalue weighted by atomic mass is 16.2. The van der Waals surface area contributed by atoms with Gasteiger partial charge in [0.25, 0.3) is 11.5 Å². The third kappa shape index (κ3) is 3.03. The molecule has 120 valence electrons. The number of hydrogen-bond donors (Lipinski definition) is 2. The van der Waals surface area contributed by atoms with E-state index in [1.807, 2.05) is 13.0 Å². The fraction of sp³-hybridized carbons (Fsp3) is 0.0556. The van der Waals surface area contributed by atoms with Crippen molar-refractivity contribution >= 4 is 11.6 Å². The van der Waals surface area contributed by atoms with Crippen LogP contribution in [0.4, 0.5) is 5.69 Å². The number of nitrogens with one attached hydrogen (secondary N) is 2. The van der Waals surface area contributed by atoms with Crippen molar-refractivity contribution in [2.45, 2.75) is 6.92 Å². The Labute approximate surface area is 137 Å². The summed E-state index contributed by atoms with van der Waals surface area (Å²) in [4.78, 5) is 39.4. The van der Waals surface area contributed by atoms with Gasteiger partial charge in [-0.2, -0.15) is 0 Å². The van der Waals surface area contributed by atoms with Crippen LogP contribution in [0.1, 0.15) is 15.9 Å². The molecular formula is C18H15N3O3. The molecular weight excluding hydrogens is 306 g/mol. The summed E-state index contributed by atoms with van der Waals surface area (Å²) in [6.07, 6.45) is 1.13. The zero-order valence-electron chi connectivity index (χ0n) is 12.9. The van der Waals surface area contributed by atoms with Crippen molar-refractivity contribution < 1.29 is 4.79 Å². The zero-order chi connectivity index (χ0) is 17.1. The molecule has 1 aromatic heterocycles. The quantitative estimate of drug-likeness (QED) is 0.775. The highest BCUT2D eigenvalue weighted by molar-refractivity contribution is 6.03. The predicted octanol–water partition coefficient (Wildman–Crippen LogP) is 2.09. The van der Waals surface area contributed by atoms with Crippen LogP contribution in [0.15, 0.2) is 70.4 Å². The average Bonchev–Trinajstić information content (AvgIpc) is 2.56. The van der Waals surface area contributed by atoms with Crippen LogP contribution in [0.25, 0.3) is 5.69 Å². The molecule has 0 aliphatic heterocycles. The minimum absolute atomic E-state index is 0.139. The topological polar surface area (TPSA) is 84.0 Å². The molecule has 0 aliphatic carbocycles. The molecule has 0 unspecified atom stereocenters. The number of aromatic nitrogens is 2. The molecule has 0 spiro atoms. The Morgan fingerprint density at radius 2 is 1.79 bits per heavy atom. The fourth-order valence-corrected chi connectivity index (χ4v) is 2.37. The highest BCUT2D eigenvalue weighted by Gasteiger charge is 2.15. The summed E-state index contributed by atoms with van der Waals surface area (Å²) < 4.78 is 0.936. The molecule has 0 atom stereocenters. The number of aryl methyl sites for hydroxylation is 1. The molecule has 0 saturated heterocycles. The summed E-state index contributed by atoms with van der Waals surface area (Å²) in [5, 5.41) is 2.66. The van der Waals surface area contributed by atoms with Gasteiger partial charge in [-0.1, -0.05) is 30.3 Å². The molecule has 3 aromatic rings. The van der Waals surface area contributed by atoms with E-state index in [0.29, 0.717) is 11.4 Å². The lowest BCUT2D eigenvalue weighted by molar-refractivity contribution is 0.102. The van der Waals surface area contributed by atoms with Crippen LogP contribution in [0.2, 0.25) is 0 Å². The van der Waals surface area contributed by atoms with E-state index in [1.165, 1.54) is 0 Å². The Hall–Kier alpha value is -3.41. The zero-order valence-corrected chi connectivity index (χ0v) is 12.9. The molecule has 6 heteroatoms. The van der Waals surface area contributed by atoms with Gasteiger partial charge in [-0.25, -0.2) is 9.36 Å². The second kappa shape index (κ2) is 6.37. The molecule has 0 bridgehead atoms. The van der Waals surface area contributed by atoms with Crippen molar-refractivity contribution in [2.24, 2.45) is 0 Å². The van der Waals surface area contributed by atoms with Crippen LogP contribution in [-0.4, -0.2) is 15.5 Å². The number of rotatable bonds is 3. The monoisotopic (exact) mass is 321 g/mol. The lowest BCUT2D eigenvalue weighted by Gasteiger charge is -2.08. The van der Waals surface area contributed by atoms with Crippen LogP contribution in [0.5, 0.6) is 0 Å². The molecule has 0 saturated carbocycles. The first-order chi connectivity index (χ1) is 11.6. The third-order valence-electron chi connectivity index (χ3n) is 3.51. The van der Waals surface area contributed by atoms with Crippen molar-refractivity contribution in [3.8, 4) is 5.69 Å². The Morgan fingerprint density at radius 1 is 1.04 bits per heavy atom. The maximum Gasteiger partial charge on any atom is 0.333 e. The summed E-state index contributed by atoms with van der Waals surface area (Å²) >= 11 is 0. The van der Waals surface area contributed by atoms with Gasteiger partial charge in [-0.15, -0.1) is 0 Å². The van der Waals surface area contributed by atoms with Gasteiger partial charge < -0.3 is 10.3 Å². The minimum atomic E-state index is -0.671. The molecule has 1 amide bonds. The number of carbonyl (C=O) groups is 1. The first kappa shape index (κ1) is 15.5. The Kier molecular flexibility index (Phi) is 4.11. The van der Waals surface area contributed by atoms with E-state index in [-0.39, 0.29) is 5.56 Å². The van der Waals surface area contributed by atoms with Gasteiger partial charge >= 0.3 is 5.69 Å². The maximum atomic E-state index is 12.6. The normalized spacial score (nSPS) is 10.4. The van der Waals surface area contributed by atoms with Gasteiger partial charge in [0.1, 0.15) is 5.56 Å².